The van der Waals surface area contributed by atoms with Crippen molar-refractivity contribution in [3.05, 3.63) is 24.3 Å². The number of amides is 1. The van der Waals surface area contributed by atoms with Gasteiger partial charge in [-0.1, -0.05) is 218 Å². The quantitative estimate of drug-likeness (QED) is 0.0448. The van der Waals surface area contributed by atoms with Crippen LogP contribution in [0.2, 0.25) is 0 Å². The van der Waals surface area contributed by atoms with E-state index in [1.807, 2.05) is 6.08 Å². The molecular formula is C44H85NO3. The Morgan fingerprint density at radius 3 is 1.21 bits per heavy atom. The zero-order valence-corrected chi connectivity index (χ0v) is 32.5. The van der Waals surface area contributed by atoms with Crippen LogP contribution in [0.15, 0.2) is 24.3 Å². The molecule has 1 amide bonds. The van der Waals surface area contributed by atoms with Gasteiger partial charge < -0.3 is 15.5 Å². The summed E-state index contributed by atoms with van der Waals surface area (Å²) in [5, 5.41) is 22.8. The van der Waals surface area contributed by atoms with Crippen LogP contribution in [0.4, 0.5) is 0 Å². The Bertz CT molecular complexity index is 691. The summed E-state index contributed by atoms with van der Waals surface area (Å²) in [5.41, 5.74) is 0. The van der Waals surface area contributed by atoms with Gasteiger partial charge in [-0.25, -0.2) is 0 Å². The van der Waals surface area contributed by atoms with Gasteiger partial charge in [0.2, 0.25) is 5.91 Å². The summed E-state index contributed by atoms with van der Waals surface area (Å²) in [4.78, 5) is 12.3. The minimum absolute atomic E-state index is 0.0724. The second-order valence-corrected chi connectivity index (χ2v) is 14.8. The molecule has 0 bridgehead atoms. The Balaban J connectivity index is 3.45. The molecule has 0 aromatic rings. The Morgan fingerprint density at radius 1 is 0.479 bits per heavy atom. The van der Waals surface area contributed by atoms with Gasteiger partial charge in [-0.3, -0.25) is 4.79 Å². The standard InChI is InChI=1S/C44H85NO3/c1-3-5-7-9-11-13-15-16-17-18-19-20-21-22-23-24-25-26-27-28-29-30-32-34-36-38-40-44(48)45-42(41-46)43(47)39-37-35-33-31-14-12-10-8-6-4-2/h14,31,37,39,42-43,46-47H,3-13,15-30,32-36,38,40-41H2,1-2H3,(H,45,48)/b31-14+,39-37+. The average molecular weight is 676 g/mol. The van der Waals surface area contributed by atoms with Crippen LogP contribution in [0.5, 0.6) is 0 Å². The molecule has 284 valence electrons. The minimum atomic E-state index is -0.856. The largest absolute Gasteiger partial charge is 0.394 e. The number of nitrogens with one attached hydrogen (secondary N) is 1. The molecule has 0 fully saturated rings. The van der Waals surface area contributed by atoms with E-state index in [0.29, 0.717) is 6.42 Å². The highest BCUT2D eigenvalue weighted by atomic mass is 16.3. The lowest BCUT2D eigenvalue weighted by molar-refractivity contribution is -0.123. The molecule has 0 saturated heterocycles. The lowest BCUT2D eigenvalue weighted by Crippen LogP contribution is -2.45. The molecule has 0 aromatic heterocycles. The lowest BCUT2D eigenvalue weighted by atomic mass is 10.0. The number of rotatable bonds is 39. The third kappa shape index (κ3) is 36.2. The third-order valence-corrected chi connectivity index (χ3v) is 9.94. The van der Waals surface area contributed by atoms with E-state index < -0.39 is 12.1 Å². The Hall–Kier alpha value is -1.13. The Kier molecular flexibility index (Phi) is 39.4. The summed E-state index contributed by atoms with van der Waals surface area (Å²) in [6.45, 7) is 4.27. The van der Waals surface area contributed by atoms with Crippen LogP contribution in [-0.2, 0) is 4.79 Å². The highest BCUT2D eigenvalue weighted by Crippen LogP contribution is 2.16. The first kappa shape index (κ1) is 46.9. The Labute approximate surface area is 300 Å². The molecule has 0 aliphatic carbocycles. The van der Waals surface area contributed by atoms with E-state index in [2.05, 4.69) is 31.3 Å². The van der Waals surface area contributed by atoms with Gasteiger partial charge in [0.1, 0.15) is 0 Å². The second kappa shape index (κ2) is 40.3. The zero-order chi connectivity index (χ0) is 35.0. The maximum Gasteiger partial charge on any atom is 0.220 e. The first-order valence-electron chi connectivity index (χ1n) is 21.6. The molecule has 4 nitrogen and oxygen atoms in total. The highest BCUT2D eigenvalue weighted by molar-refractivity contribution is 5.76. The average Bonchev–Trinajstić information content (AvgIpc) is 3.09. The zero-order valence-electron chi connectivity index (χ0n) is 32.5. The molecule has 0 saturated carbocycles. The first-order valence-corrected chi connectivity index (χ1v) is 21.6. The molecule has 2 atom stereocenters. The van der Waals surface area contributed by atoms with Crippen LogP contribution in [-0.4, -0.2) is 34.9 Å². The summed E-state index contributed by atoms with van der Waals surface area (Å²) in [7, 11) is 0. The topological polar surface area (TPSA) is 69.6 Å². The monoisotopic (exact) mass is 676 g/mol. The van der Waals surface area contributed by atoms with Crippen LogP contribution in [0, 0.1) is 0 Å². The third-order valence-electron chi connectivity index (χ3n) is 9.94. The predicted octanol–water partition coefficient (Wildman–Crippen LogP) is 13.2. The molecule has 0 rings (SSSR count). The number of carbonyl (C=O) groups is 1. The van der Waals surface area contributed by atoms with Crippen molar-refractivity contribution < 1.29 is 15.0 Å². The van der Waals surface area contributed by atoms with Crippen LogP contribution in [0.25, 0.3) is 0 Å². The van der Waals surface area contributed by atoms with Gasteiger partial charge in [0.25, 0.3) is 0 Å². The number of aliphatic hydroxyl groups is 2. The SMILES string of the molecule is CCCCCC/C=C/CC/C=C/C(O)C(CO)NC(=O)CCCCCCCCCCCCCCCCCCCCCCCCCCCC. The summed E-state index contributed by atoms with van der Waals surface area (Å²) in [5.74, 6) is -0.0724. The van der Waals surface area contributed by atoms with Crippen molar-refractivity contribution in [1.82, 2.24) is 5.32 Å². The lowest BCUT2D eigenvalue weighted by Gasteiger charge is -2.19. The van der Waals surface area contributed by atoms with Crippen molar-refractivity contribution >= 4 is 5.91 Å². The summed E-state index contributed by atoms with van der Waals surface area (Å²) in [6.07, 6.45) is 51.6. The summed E-state index contributed by atoms with van der Waals surface area (Å²) in [6, 6.07) is -0.632. The van der Waals surface area contributed by atoms with Crippen LogP contribution >= 0.6 is 0 Å². The molecule has 0 aliphatic heterocycles. The van der Waals surface area contributed by atoms with Gasteiger partial charge in [-0.2, -0.15) is 0 Å². The number of unbranched alkanes of at least 4 members (excludes halogenated alkanes) is 30. The normalized spacial score (nSPS) is 13.2. The van der Waals surface area contributed by atoms with E-state index in [-0.39, 0.29) is 12.5 Å². The number of hydrogen-bond donors (Lipinski definition) is 3. The maximum atomic E-state index is 12.3. The summed E-state index contributed by atoms with van der Waals surface area (Å²) >= 11 is 0. The molecule has 0 aliphatic rings. The van der Waals surface area contributed by atoms with Gasteiger partial charge in [0.15, 0.2) is 0 Å². The predicted molar refractivity (Wildman–Crippen MR) is 212 cm³/mol. The van der Waals surface area contributed by atoms with Crippen molar-refractivity contribution in [2.75, 3.05) is 6.61 Å². The molecular weight excluding hydrogens is 590 g/mol. The van der Waals surface area contributed by atoms with E-state index >= 15 is 0 Å². The second-order valence-electron chi connectivity index (χ2n) is 14.8. The number of allylic oxidation sites excluding steroid dienone is 3. The number of carbonyl (C=O) groups excluding carboxylic acids is 1. The molecule has 0 radical (unpaired) electrons. The van der Waals surface area contributed by atoms with Crippen LogP contribution < -0.4 is 5.32 Å². The fourth-order valence-electron chi connectivity index (χ4n) is 6.61. The van der Waals surface area contributed by atoms with Crippen molar-refractivity contribution in [1.29, 1.82) is 0 Å². The number of aliphatic hydroxyl groups excluding tert-OH is 2. The van der Waals surface area contributed by atoms with Crippen molar-refractivity contribution in [2.24, 2.45) is 0 Å². The molecule has 48 heavy (non-hydrogen) atoms. The minimum Gasteiger partial charge on any atom is -0.394 e. The van der Waals surface area contributed by atoms with Crippen molar-refractivity contribution in [3.63, 3.8) is 0 Å². The van der Waals surface area contributed by atoms with Gasteiger partial charge in [-0.15, -0.1) is 0 Å². The van der Waals surface area contributed by atoms with Gasteiger partial charge in [0, 0.05) is 6.42 Å². The van der Waals surface area contributed by atoms with Gasteiger partial charge in [-0.05, 0) is 32.1 Å². The van der Waals surface area contributed by atoms with E-state index in [1.165, 1.54) is 180 Å². The van der Waals surface area contributed by atoms with E-state index in [9.17, 15) is 15.0 Å². The summed E-state index contributed by atoms with van der Waals surface area (Å²) < 4.78 is 0. The molecule has 4 heteroatoms. The van der Waals surface area contributed by atoms with Crippen LogP contribution in [0.1, 0.15) is 232 Å². The van der Waals surface area contributed by atoms with E-state index in [0.717, 1.165) is 32.1 Å². The molecule has 0 spiro atoms. The van der Waals surface area contributed by atoms with Gasteiger partial charge >= 0.3 is 0 Å². The highest BCUT2D eigenvalue weighted by Gasteiger charge is 2.17. The van der Waals surface area contributed by atoms with Crippen molar-refractivity contribution in [3.8, 4) is 0 Å². The molecule has 0 aromatic carbocycles. The number of hydrogen-bond acceptors (Lipinski definition) is 3. The first-order chi connectivity index (χ1) is 23.7. The molecule has 3 N–H and O–H groups in total. The smallest absolute Gasteiger partial charge is 0.220 e. The van der Waals surface area contributed by atoms with Gasteiger partial charge in [0.05, 0.1) is 18.8 Å². The van der Waals surface area contributed by atoms with Crippen LogP contribution in [0.3, 0.4) is 0 Å². The van der Waals surface area contributed by atoms with Crippen molar-refractivity contribution in [2.45, 2.75) is 244 Å². The van der Waals surface area contributed by atoms with E-state index in [1.54, 1.807) is 6.08 Å². The maximum absolute atomic E-state index is 12.3. The molecule has 0 heterocycles. The molecule has 2 unspecified atom stereocenters. The fraction of sp³-hybridized carbons (Fsp3) is 0.886. The van der Waals surface area contributed by atoms with E-state index in [4.69, 9.17) is 0 Å². The Morgan fingerprint density at radius 2 is 0.812 bits per heavy atom. The fourth-order valence-corrected chi connectivity index (χ4v) is 6.61.